The largest absolute Gasteiger partial charge is 0.496 e. The Labute approximate surface area is 189 Å². The Kier molecular flexibility index (Phi) is 8.01. The molecule has 0 spiro atoms. The van der Waals surface area contributed by atoms with Crippen LogP contribution in [0.4, 0.5) is 5.69 Å². The molecule has 6 nitrogen and oxygen atoms in total. The lowest BCUT2D eigenvalue weighted by molar-refractivity contribution is -0.113. The van der Waals surface area contributed by atoms with E-state index in [1.807, 2.05) is 13.0 Å². The Bertz CT molecular complexity index is 1030. The summed E-state index contributed by atoms with van der Waals surface area (Å²) in [5.74, 6) is 1.36. The van der Waals surface area contributed by atoms with Crippen molar-refractivity contribution in [3.05, 3.63) is 63.5 Å². The standard InChI is InChI=1S/C21H21Cl2N3O3S/c1-13-10-14(6-9-18(13)28-2)4-3-5-20-25-26-21(29-20)30-12-19(27)24-17-8-7-15(22)11-16(17)23/h6-11H,3-5,12H2,1-2H3,(H,24,27). The highest BCUT2D eigenvalue weighted by atomic mass is 35.5. The van der Waals surface area contributed by atoms with Crippen LogP contribution in [0.3, 0.4) is 0 Å². The molecule has 9 heteroatoms. The summed E-state index contributed by atoms with van der Waals surface area (Å²) in [5, 5.41) is 12.0. The number of ether oxygens (including phenoxy) is 1. The van der Waals surface area contributed by atoms with Crippen LogP contribution in [0.5, 0.6) is 5.75 Å². The molecule has 0 bridgehead atoms. The van der Waals surface area contributed by atoms with Crippen molar-refractivity contribution in [2.75, 3.05) is 18.2 Å². The van der Waals surface area contributed by atoms with E-state index in [0.29, 0.717) is 33.3 Å². The zero-order valence-corrected chi connectivity index (χ0v) is 18.9. The number of carbonyl (C=O) groups is 1. The predicted octanol–water partition coefficient (Wildman–Crippen LogP) is 5.60. The summed E-state index contributed by atoms with van der Waals surface area (Å²) in [6.07, 6.45) is 2.46. The molecular weight excluding hydrogens is 445 g/mol. The minimum Gasteiger partial charge on any atom is -0.496 e. The van der Waals surface area contributed by atoms with E-state index in [9.17, 15) is 4.79 Å². The molecule has 0 atom stereocenters. The maximum Gasteiger partial charge on any atom is 0.277 e. The van der Waals surface area contributed by atoms with Gasteiger partial charge in [-0.3, -0.25) is 4.79 Å². The van der Waals surface area contributed by atoms with Gasteiger partial charge in [0.25, 0.3) is 5.22 Å². The molecule has 3 rings (SSSR count). The van der Waals surface area contributed by atoms with Gasteiger partial charge in [0.05, 0.1) is 23.6 Å². The van der Waals surface area contributed by atoms with Crippen LogP contribution in [0, 0.1) is 6.92 Å². The normalized spacial score (nSPS) is 10.8. The van der Waals surface area contributed by atoms with Gasteiger partial charge in [0.15, 0.2) is 0 Å². The van der Waals surface area contributed by atoms with Crippen molar-refractivity contribution in [1.29, 1.82) is 0 Å². The van der Waals surface area contributed by atoms with Crippen molar-refractivity contribution < 1.29 is 13.9 Å². The predicted molar refractivity (Wildman–Crippen MR) is 120 cm³/mol. The smallest absolute Gasteiger partial charge is 0.277 e. The van der Waals surface area contributed by atoms with E-state index in [-0.39, 0.29) is 11.7 Å². The fraction of sp³-hybridized carbons (Fsp3) is 0.286. The highest BCUT2D eigenvalue weighted by molar-refractivity contribution is 7.99. The number of aryl methyl sites for hydroxylation is 3. The van der Waals surface area contributed by atoms with Crippen LogP contribution in [0.15, 0.2) is 46.0 Å². The maximum absolute atomic E-state index is 12.1. The first-order chi connectivity index (χ1) is 14.4. The van der Waals surface area contributed by atoms with Crippen LogP contribution in [0.25, 0.3) is 0 Å². The molecule has 3 aromatic rings. The lowest BCUT2D eigenvalue weighted by Gasteiger charge is -2.06. The first-order valence-corrected chi connectivity index (χ1v) is 11.0. The van der Waals surface area contributed by atoms with Gasteiger partial charge >= 0.3 is 0 Å². The minimum atomic E-state index is -0.223. The molecule has 2 aromatic carbocycles. The van der Waals surface area contributed by atoms with Gasteiger partial charge in [-0.05, 0) is 55.2 Å². The average molecular weight is 466 g/mol. The number of thioether (sulfide) groups is 1. The molecule has 1 heterocycles. The number of benzene rings is 2. The number of hydrogen-bond acceptors (Lipinski definition) is 6. The number of methoxy groups -OCH3 is 1. The Morgan fingerprint density at radius 2 is 2.00 bits per heavy atom. The molecule has 158 valence electrons. The van der Waals surface area contributed by atoms with E-state index >= 15 is 0 Å². The summed E-state index contributed by atoms with van der Waals surface area (Å²) in [5.41, 5.74) is 2.86. The summed E-state index contributed by atoms with van der Waals surface area (Å²) >= 11 is 13.1. The molecule has 30 heavy (non-hydrogen) atoms. The van der Waals surface area contributed by atoms with Crippen LogP contribution in [0.2, 0.25) is 10.0 Å². The van der Waals surface area contributed by atoms with E-state index < -0.39 is 0 Å². The quantitative estimate of drug-likeness (QED) is 0.414. The SMILES string of the molecule is COc1ccc(CCCc2nnc(SCC(=O)Nc3ccc(Cl)cc3Cl)o2)cc1C. The number of hydrogen-bond donors (Lipinski definition) is 1. The molecule has 0 aliphatic heterocycles. The summed E-state index contributed by atoms with van der Waals surface area (Å²) < 4.78 is 10.9. The summed E-state index contributed by atoms with van der Waals surface area (Å²) in [7, 11) is 1.67. The number of amides is 1. The number of anilines is 1. The van der Waals surface area contributed by atoms with E-state index in [0.717, 1.165) is 24.2 Å². The third kappa shape index (κ3) is 6.39. The molecule has 0 aliphatic carbocycles. The van der Waals surface area contributed by atoms with Crippen LogP contribution in [0.1, 0.15) is 23.4 Å². The third-order valence-corrected chi connectivity index (χ3v) is 5.66. The summed E-state index contributed by atoms with van der Waals surface area (Å²) in [6.45, 7) is 2.03. The molecule has 1 aromatic heterocycles. The maximum atomic E-state index is 12.1. The number of carbonyl (C=O) groups excluding carboxylic acids is 1. The van der Waals surface area contributed by atoms with Gasteiger partial charge in [-0.1, -0.05) is 47.1 Å². The van der Waals surface area contributed by atoms with Gasteiger partial charge in [0.2, 0.25) is 11.8 Å². The Hall–Kier alpha value is -2.22. The Morgan fingerprint density at radius 3 is 2.73 bits per heavy atom. The highest BCUT2D eigenvalue weighted by Crippen LogP contribution is 2.26. The first-order valence-electron chi connectivity index (χ1n) is 9.28. The second-order valence-corrected chi connectivity index (χ2v) is 8.35. The van der Waals surface area contributed by atoms with Crippen molar-refractivity contribution in [3.8, 4) is 5.75 Å². The average Bonchev–Trinajstić information content (AvgIpc) is 3.16. The zero-order chi connectivity index (χ0) is 21.5. The van der Waals surface area contributed by atoms with Gasteiger partial charge in [0.1, 0.15) is 5.75 Å². The molecule has 0 saturated carbocycles. The first kappa shape index (κ1) is 22.5. The fourth-order valence-corrected chi connectivity index (χ4v) is 3.88. The monoisotopic (exact) mass is 465 g/mol. The van der Waals surface area contributed by atoms with Gasteiger partial charge in [-0.2, -0.15) is 0 Å². The molecule has 1 amide bonds. The second-order valence-electron chi connectivity index (χ2n) is 6.58. The highest BCUT2D eigenvalue weighted by Gasteiger charge is 2.11. The van der Waals surface area contributed by atoms with E-state index in [2.05, 4.69) is 27.6 Å². The number of nitrogens with zero attached hydrogens (tertiary/aromatic N) is 2. The molecular formula is C21H21Cl2N3O3S. The number of rotatable bonds is 9. The third-order valence-electron chi connectivity index (χ3n) is 4.30. The minimum absolute atomic E-state index is 0.131. The van der Waals surface area contributed by atoms with Gasteiger partial charge < -0.3 is 14.5 Å². The van der Waals surface area contributed by atoms with Crippen LogP contribution >= 0.6 is 35.0 Å². The van der Waals surface area contributed by atoms with Crippen molar-refractivity contribution in [2.24, 2.45) is 0 Å². The Morgan fingerprint density at radius 1 is 1.17 bits per heavy atom. The van der Waals surface area contributed by atoms with E-state index in [1.54, 1.807) is 25.3 Å². The van der Waals surface area contributed by atoms with Crippen molar-refractivity contribution >= 4 is 46.6 Å². The van der Waals surface area contributed by atoms with Gasteiger partial charge in [-0.15, -0.1) is 10.2 Å². The van der Waals surface area contributed by atoms with E-state index in [4.69, 9.17) is 32.4 Å². The summed E-state index contributed by atoms with van der Waals surface area (Å²) in [6, 6.07) is 11.1. The van der Waals surface area contributed by atoms with Crippen molar-refractivity contribution in [3.63, 3.8) is 0 Å². The molecule has 0 aliphatic rings. The molecule has 1 N–H and O–H groups in total. The number of halogens is 2. The van der Waals surface area contributed by atoms with Crippen LogP contribution < -0.4 is 10.1 Å². The fourth-order valence-electron chi connectivity index (χ4n) is 2.84. The van der Waals surface area contributed by atoms with Crippen LogP contribution in [-0.4, -0.2) is 29.0 Å². The molecule has 0 radical (unpaired) electrons. The summed E-state index contributed by atoms with van der Waals surface area (Å²) in [4.78, 5) is 12.1. The molecule has 0 unspecified atom stereocenters. The number of nitrogens with one attached hydrogen (secondary N) is 1. The van der Waals surface area contributed by atoms with Crippen molar-refractivity contribution in [2.45, 2.75) is 31.4 Å². The lowest BCUT2D eigenvalue weighted by Crippen LogP contribution is -2.14. The van der Waals surface area contributed by atoms with Gasteiger partial charge in [-0.25, -0.2) is 0 Å². The Balaban J connectivity index is 1.43. The lowest BCUT2D eigenvalue weighted by atomic mass is 10.1. The molecule has 0 saturated heterocycles. The zero-order valence-electron chi connectivity index (χ0n) is 16.6. The second kappa shape index (κ2) is 10.7. The van der Waals surface area contributed by atoms with Gasteiger partial charge in [0, 0.05) is 11.4 Å². The topological polar surface area (TPSA) is 77.2 Å². The molecule has 0 fully saturated rings. The van der Waals surface area contributed by atoms with Crippen LogP contribution in [-0.2, 0) is 17.6 Å². The van der Waals surface area contributed by atoms with Crippen molar-refractivity contribution in [1.82, 2.24) is 10.2 Å². The number of aromatic nitrogens is 2. The van der Waals surface area contributed by atoms with E-state index in [1.165, 1.54) is 17.3 Å².